The first-order valence-electron chi connectivity index (χ1n) is 4.71. The second-order valence-corrected chi connectivity index (χ2v) is 8.40. The molecule has 0 atom stereocenters. The number of rotatable bonds is 5. The number of carbonyl (C=O) groups is 1. The number of hydrogen-bond donors (Lipinski definition) is 2. The highest BCUT2D eigenvalue weighted by molar-refractivity contribution is 8.08. The third-order valence-corrected chi connectivity index (χ3v) is 5.66. The van der Waals surface area contributed by atoms with Crippen molar-refractivity contribution in [2.45, 2.75) is 0 Å². The predicted octanol–water partition coefficient (Wildman–Crippen LogP) is 0.782. The number of sulfone groups is 1. The molecule has 0 saturated heterocycles. The highest BCUT2D eigenvalue weighted by atomic mass is 35.5. The van der Waals surface area contributed by atoms with Gasteiger partial charge in [-0.1, -0.05) is 11.6 Å². The number of halogens is 1. The number of hydrogen-bond acceptors (Lipinski definition) is 5. The molecule has 106 valence electrons. The molecule has 0 fully saturated rings. The Kier molecular flexibility index (Phi) is 4.43. The molecule has 1 aromatic carbocycles. The molecule has 0 aromatic heterocycles. The van der Waals surface area contributed by atoms with Crippen LogP contribution in [-0.4, -0.2) is 39.3 Å². The van der Waals surface area contributed by atoms with Gasteiger partial charge in [-0.3, -0.25) is 4.72 Å². The van der Waals surface area contributed by atoms with E-state index in [9.17, 15) is 21.6 Å². The van der Waals surface area contributed by atoms with Crippen molar-refractivity contribution in [2.75, 3.05) is 16.1 Å². The molecular weight excluding hydrogens is 318 g/mol. The molecule has 0 spiro atoms. The van der Waals surface area contributed by atoms with Gasteiger partial charge in [-0.25, -0.2) is 21.6 Å². The molecule has 10 heteroatoms. The first kappa shape index (κ1) is 15.7. The van der Waals surface area contributed by atoms with Crippen LogP contribution in [0.15, 0.2) is 18.2 Å². The van der Waals surface area contributed by atoms with Crippen LogP contribution in [0.4, 0.5) is 5.69 Å². The van der Waals surface area contributed by atoms with Gasteiger partial charge in [-0.2, -0.15) is 0 Å². The quantitative estimate of drug-likeness (QED) is 0.825. The minimum absolute atomic E-state index is 0.0151. The van der Waals surface area contributed by atoms with Crippen molar-refractivity contribution in [3.63, 3.8) is 0 Å². The molecule has 0 unspecified atom stereocenters. The summed E-state index contributed by atoms with van der Waals surface area (Å²) < 4.78 is 46.8. The largest absolute Gasteiger partial charge is 0.478 e. The molecule has 0 radical (unpaired) electrons. The number of sulfonamides is 1. The Hall–Kier alpha value is -1.32. The van der Waals surface area contributed by atoms with Crippen molar-refractivity contribution in [3.8, 4) is 0 Å². The molecule has 0 aliphatic carbocycles. The van der Waals surface area contributed by atoms with Crippen LogP contribution in [-0.2, 0) is 19.9 Å². The van der Waals surface area contributed by atoms with E-state index in [0.717, 1.165) is 18.4 Å². The third kappa shape index (κ3) is 5.05. The van der Waals surface area contributed by atoms with Gasteiger partial charge in [0.2, 0.25) is 10.0 Å². The van der Waals surface area contributed by atoms with Crippen molar-refractivity contribution in [2.24, 2.45) is 0 Å². The highest BCUT2D eigenvalue weighted by Crippen LogP contribution is 2.21. The van der Waals surface area contributed by atoms with Gasteiger partial charge in [0.05, 0.1) is 16.3 Å². The maximum atomic E-state index is 11.5. The van der Waals surface area contributed by atoms with Crippen LogP contribution in [0.1, 0.15) is 10.4 Å². The number of nitrogens with one attached hydrogen (secondary N) is 1. The maximum absolute atomic E-state index is 11.5. The Morgan fingerprint density at radius 3 is 2.32 bits per heavy atom. The Bertz CT molecular complexity index is 710. The van der Waals surface area contributed by atoms with Gasteiger partial charge >= 0.3 is 5.97 Å². The van der Waals surface area contributed by atoms with Crippen LogP contribution in [0.5, 0.6) is 0 Å². The molecule has 2 N–H and O–H groups in total. The fourth-order valence-electron chi connectivity index (χ4n) is 1.24. The number of anilines is 1. The van der Waals surface area contributed by atoms with E-state index < -0.39 is 30.9 Å². The van der Waals surface area contributed by atoms with E-state index in [-0.39, 0.29) is 16.3 Å². The van der Waals surface area contributed by atoms with Crippen LogP contribution >= 0.6 is 11.6 Å². The summed E-state index contributed by atoms with van der Waals surface area (Å²) in [5.74, 6) is -1.25. The topological polar surface area (TPSA) is 118 Å². The van der Waals surface area contributed by atoms with Crippen LogP contribution in [0.3, 0.4) is 0 Å². The van der Waals surface area contributed by atoms with Gasteiger partial charge in [0.1, 0.15) is 0 Å². The number of benzene rings is 1. The average Bonchev–Trinajstić information content (AvgIpc) is 2.11. The minimum atomic E-state index is -4.09. The fraction of sp³-hybridized carbons (Fsp3) is 0.222. The summed E-state index contributed by atoms with van der Waals surface area (Å²) in [5.41, 5.74) is -0.202. The summed E-state index contributed by atoms with van der Waals surface area (Å²) in [5, 5.41) is 7.51. The van der Waals surface area contributed by atoms with Crippen LogP contribution in [0.25, 0.3) is 0 Å². The zero-order valence-electron chi connectivity index (χ0n) is 9.62. The number of carboxylic acid groups (broad SMARTS) is 1. The minimum Gasteiger partial charge on any atom is -0.478 e. The molecule has 0 heterocycles. The van der Waals surface area contributed by atoms with Gasteiger partial charge in [0, 0.05) is 6.26 Å². The van der Waals surface area contributed by atoms with Crippen molar-refractivity contribution in [1.29, 1.82) is 0 Å². The monoisotopic (exact) mass is 327 g/mol. The van der Waals surface area contributed by atoms with E-state index in [1.165, 1.54) is 6.07 Å². The first-order chi connectivity index (χ1) is 8.50. The lowest BCUT2D eigenvalue weighted by Gasteiger charge is -2.08. The highest BCUT2D eigenvalue weighted by Gasteiger charge is 2.19. The Labute approximate surface area is 115 Å². The molecule has 19 heavy (non-hydrogen) atoms. The van der Waals surface area contributed by atoms with E-state index in [2.05, 4.69) is 0 Å². The molecule has 0 aliphatic rings. The van der Waals surface area contributed by atoms with Gasteiger partial charge in [0.15, 0.2) is 14.9 Å². The Balaban J connectivity index is 3.02. The molecule has 7 nitrogen and oxygen atoms in total. The van der Waals surface area contributed by atoms with E-state index in [1.807, 2.05) is 4.72 Å². The zero-order chi connectivity index (χ0) is 14.8. The van der Waals surface area contributed by atoms with Crippen LogP contribution < -0.4 is 4.72 Å². The van der Waals surface area contributed by atoms with Crippen LogP contribution in [0.2, 0.25) is 5.02 Å². The summed E-state index contributed by atoms with van der Waals surface area (Å²) >= 11 is 5.65. The van der Waals surface area contributed by atoms with E-state index in [0.29, 0.717) is 0 Å². The second kappa shape index (κ2) is 5.35. The molecule has 0 aliphatic heterocycles. The predicted molar refractivity (Wildman–Crippen MR) is 70.7 cm³/mol. The van der Waals surface area contributed by atoms with Crippen molar-refractivity contribution in [3.05, 3.63) is 28.8 Å². The first-order valence-corrected chi connectivity index (χ1v) is 8.80. The molecule has 1 rings (SSSR count). The molecule has 0 amide bonds. The van der Waals surface area contributed by atoms with Crippen molar-refractivity contribution < 1.29 is 26.7 Å². The lowest BCUT2D eigenvalue weighted by molar-refractivity contribution is 0.0697. The van der Waals surface area contributed by atoms with Gasteiger partial charge in [-0.15, -0.1) is 0 Å². The van der Waals surface area contributed by atoms with E-state index >= 15 is 0 Å². The fourth-order valence-corrected chi connectivity index (χ4v) is 4.48. The van der Waals surface area contributed by atoms with E-state index in [4.69, 9.17) is 16.7 Å². The summed E-state index contributed by atoms with van der Waals surface area (Å²) in [6.07, 6.45) is 0.784. The van der Waals surface area contributed by atoms with Gasteiger partial charge in [-0.05, 0) is 18.2 Å². The van der Waals surface area contributed by atoms with Gasteiger partial charge in [0.25, 0.3) is 0 Å². The smallest absolute Gasteiger partial charge is 0.337 e. The van der Waals surface area contributed by atoms with Gasteiger partial charge < -0.3 is 5.11 Å². The lowest BCUT2D eigenvalue weighted by atomic mass is 10.2. The summed E-state index contributed by atoms with van der Waals surface area (Å²) in [4.78, 5) is 10.7. The Morgan fingerprint density at radius 2 is 1.89 bits per heavy atom. The zero-order valence-corrected chi connectivity index (χ0v) is 12.0. The summed E-state index contributed by atoms with van der Waals surface area (Å²) in [6, 6.07) is 3.38. The van der Waals surface area contributed by atoms with Crippen molar-refractivity contribution >= 4 is 43.1 Å². The molecule has 1 aromatic rings. The molecule has 0 bridgehead atoms. The second-order valence-electron chi connectivity index (χ2n) is 3.76. The summed E-state index contributed by atoms with van der Waals surface area (Å²) in [7, 11) is -7.80. The van der Waals surface area contributed by atoms with E-state index in [1.54, 1.807) is 0 Å². The maximum Gasteiger partial charge on any atom is 0.337 e. The molecule has 0 saturated carbocycles. The lowest BCUT2D eigenvalue weighted by Crippen LogP contribution is -2.22. The standard InChI is InChI=1S/C9H10ClNO6S2/c1-18(14,15)5-19(16,17)11-6-2-3-7(9(12)13)8(10)4-6/h2-4,11H,5H2,1H3,(H,12,13). The summed E-state index contributed by atoms with van der Waals surface area (Å²) in [6.45, 7) is 0. The van der Waals surface area contributed by atoms with Crippen LogP contribution in [0, 0.1) is 0 Å². The van der Waals surface area contributed by atoms with Crippen molar-refractivity contribution in [1.82, 2.24) is 0 Å². The number of aromatic carboxylic acids is 1. The molecular formula is C9H10ClNO6S2. The Morgan fingerprint density at radius 1 is 1.32 bits per heavy atom. The normalized spacial score (nSPS) is 12.1. The SMILES string of the molecule is CS(=O)(=O)CS(=O)(=O)Nc1ccc(C(=O)O)c(Cl)c1. The average molecular weight is 328 g/mol. The number of carboxylic acids is 1. The third-order valence-electron chi connectivity index (χ3n) is 1.84.